The van der Waals surface area contributed by atoms with E-state index in [0.29, 0.717) is 0 Å². The Balaban J connectivity index is 1.15. The summed E-state index contributed by atoms with van der Waals surface area (Å²) in [5, 5.41) is 1.57. The van der Waals surface area contributed by atoms with E-state index in [-0.39, 0.29) is 32.3 Å². The Morgan fingerprint density at radius 2 is 0.711 bits per heavy atom. The fourth-order valence-electron chi connectivity index (χ4n) is 12.8. The normalized spacial score (nSPS) is 23.7. The minimum absolute atomic E-state index is 0.0657. The largest absolute Gasteiger partial charge is 0.357 e. The zero-order valence-electron chi connectivity index (χ0n) is 43.6. The molecule has 8 aliphatic heterocycles. The van der Waals surface area contributed by atoms with Gasteiger partial charge >= 0.3 is 0 Å². The summed E-state index contributed by atoms with van der Waals surface area (Å²) in [6.45, 7) is 0. The smallest absolute Gasteiger partial charge is 0.200 e. The van der Waals surface area contributed by atoms with Gasteiger partial charge in [-0.1, -0.05) is 12.2 Å². The van der Waals surface area contributed by atoms with Crippen LogP contribution in [0.2, 0.25) is 0 Å². The second kappa shape index (κ2) is 19.4. The topological polar surface area (TPSA) is 81.0 Å². The Kier molecular flexibility index (Phi) is 12.2. The monoisotopic (exact) mass is 1290 g/mol. The van der Waals surface area contributed by atoms with E-state index in [2.05, 4.69) is 15.0 Å². The molecule has 6 nitrogen and oxygen atoms in total. The molecule has 0 amide bonds. The van der Waals surface area contributed by atoms with E-state index in [4.69, 9.17) is 15.0 Å². The van der Waals surface area contributed by atoms with Crippen LogP contribution in [0.1, 0.15) is 54.5 Å². The molecule has 4 aromatic carbocycles. The second-order valence-electron chi connectivity index (χ2n) is 20.9. The van der Waals surface area contributed by atoms with Crippen LogP contribution >= 0.6 is 22.7 Å². The fraction of sp³-hybridized carbons (Fsp3) is 0.0645. The van der Waals surface area contributed by atoms with Crippen molar-refractivity contribution in [3.63, 3.8) is 0 Å². The molecule has 0 spiro atoms. The van der Waals surface area contributed by atoms with Gasteiger partial charge < -0.3 is 9.97 Å². The number of rotatable bonds is 4. The van der Waals surface area contributed by atoms with Crippen molar-refractivity contribution in [1.82, 2.24) is 9.97 Å². The maximum Gasteiger partial charge on any atom is 0.200 e. The van der Waals surface area contributed by atoms with Gasteiger partial charge in [0.15, 0.2) is 93.1 Å². The first-order valence-electron chi connectivity index (χ1n) is 25.9. The van der Waals surface area contributed by atoms with Crippen molar-refractivity contribution in [2.45, 2.75) is 22.9 Å². The third kappa shape index (κ3) is 7.12. The summed E-state index contributed by atoms with van der Waals surface area (Å²) in [6, 6.07) is 3.78. The molecule has 14 bridgehead atoms. The van der Waals surface area contributed by atoms with Crippen LogP contribution in [0.3, 0.4) is 0 Å². The van der Waals surface area contributed by atoms with E-state index in [1.54, 1.807) is 0 Å². The van der Waals surface area contributed by atoms with Crippen LogP contribution in [-0.4, -0.2) is 44.9 Å². The van der Waals surface area contributed by atoms with Gasteiger partial charge in [-0.25, -0.2) is 92.8 Å². The Hall–Kier alpha value is -9.70. The number of benzene rings is 4. The maximum absolute atomic E-state index is 16.6. The van der Waals surface area contributed by atoms with Gasteiger partial charge in [0.25, 0.3) is 0 Å². The number of aromatic nitrogens is 2. The minimum atomic E-state index is -2.63. The van der Waals surface area contributed by atoms with Crippen molar-refractivity contribution < 1.29 is 87.8 Å². The van der Waals surface area contributed by atoms with Gasteiger partial charge in [-0.3, -0.25) is 15.0 Å². The Morgan fingerprint density at radius 3 is 1.16 bits per heavy atom. The number of aromatic amines is 2. The average Bonchev–Trinajstić information content (AvgIpc) is 1.45. The van der Waals surface area contributed by atoms with Gasteiger partial charge in [0.05, 0.1) is 74.0 Å². The molecule has 0 fully saturated rings. The number of halogens is 20. The second-order valence-corrected chi connectivity index (χ2v) is 22.7. The quantitative estimate of drug-likeness (QED) is 0.100. The molecular formula is C62H20F20N6S2. The van der Waals surface area contributed by atoms with Crippen molar-refractivity contribution in [1.29, 1.82) is 0 Å². The number of aliphatic imine (C=N–C) groups is 4. The fourth-order valence-corrected chi connectivity index (χ4v) is 15.3. The highest BCUT2D eigenvalue weighted by Crippen LogP contribution is 2.62. The standard InChI is InChI=1S/C62H20F20N6S2/c63-39-35(40(64)48(72)55(79)47(39)71)31-19-1-3-21(83-19)33(37-43(67)51(75)57(81)52(76)44(37)68)25-7-11-29(87-25)62-30-12-8-26(88-30)34(38-45(69)53(77)58(82)54(78)46(38)70)22-4-2-20(84-22)32(36-41(65)49(73)56(80)50(74)42(36)66)24-6-10-28(86-24)61(17-13-15-89-59(17)62,18-14-16-90-60(18)62)27-9-5-23(31)85-27/h1-16,27,29,83,86H/b31-19+,32-20+,33-21+,34-26+. The van der Waals surface area contributed by atoms with E-state index >= 15 is 70.2 Å². The van der Waals surface area contributed by atoms with Crippen molar-refractivity contribution in [2.75, 3.05) is 0 Å². The first-order chi connectivity index (χ1) is 43.0. The van der Waals surface area contributed by atoms with Crippen LogP contribution < -0.4 is 10.7 Å². The lowest BCUT2D eigenvalue weighted by molar-refractivity contribution is 0.376. The number of H-pyrrole nitrogens is 2. The molecule has 2 N–H and O–H groups in total. The van der Waals surface area contributed by atoms with Crippen LogP contribution in [0.15, 0.2) is 127 Å². The number of allylic oxidation sites excluding steroid dienone is 7. The van der Waals surface area contributed by atoms with E-state index in [0.717, 1.165) is 71.3 Å². The lowest BCUT2D eigenvalue weighted by Gasteiger charge is -2.48. The zero-order chi connectivity index (χ0) is 63.4. The summed E-state index contributed by atoms with van der Waals surface area (Å²) in [5.74, 6) is -50.1. The molecule has 4 aromatic heterocycles. The van der Waals surface area contributed by atoms with Crippen LogP contribution in [0.4, 0.5) is 87.8 Å². The molecule has 28 heteroatoms. The molecule has 2 unspecified atom stereocenters. The molecule has 0 saturated carbocycles. The third-order valence-electron chi connectivity index (χ3n) is 16.6. The van der Waals surface area contributed by atoms with Gasteiger partial charge in [-0.2, -0.15) is 0 Å². The summed E-state index contributed by atoms with van der Waals surface area (Å²) >= 11 is 1.78. The molecular weight excluding hydrogens is 1270 g/mol. The van der Waals surface area contributed by atoms with Gasteiger partial charge in [0, 0.05) is 54.1 Å². The molecule has 2 atom stereocenters. The van der Waals surface area contributed by atoms with E-state index < -0.39 is 229 Å². The SMILES string of the molecule is Fc1c(F)c(F)c(/C2=C3\C=CC(=N3)C34c5sccc5C(c5ccc([nH]5)/C(c5c(F)c(F)c(F)c(F)c5F)=C5/C=CC2=N5)(c2ccsc23)C2C=CC(=N2)/C(c2c(F)c(F)c(F)c(F)c2F)=c2/cc/c([nH]2)=C(\c2c(F)c(F)c(F)c(F)c2F)C2=NC4C=C2)c(F)c1F. The Bertz CT molecular complexity index is 5080. The van der Waals surface area contributed by atoms with Crippen LogP contribution in [0, 0.1) is 116 Å². The highest BCUT2D eigenvalue weighted by atomic mass is 32.1. The molecule has 90 heavy (non-hydrogen) atoms. The first-order valence-corrected chi connectivity index (χ1v) is 27.7. The predicted octanol–water partition coefficient (Wildman–Crippen LogP) is 14.3. The lowest BCUT2D eigenvalue weighted by atomic mass is 9.56. The van der Waals surface area contributed by atoms with Gasteiger partial charge in [-0.05, 0) is 94.7 Å². The molecule has 12 heterocycles. The molecule has 450 valence electrons. The van der Waals surface area contributed by atoms with Crippen LogP contribution in [0.25, 0.3) is 22.3 Å². The minimum Gasteiger partial charge on any atom is -0.357 e. The van der Waals surface area contributed by atoms with Crippen LogP contribution in [0.5, 0.6) is 0 Å². The average molecular weight is 1290 g/mol. The molecule has 0 saturated heterocycles. The van der Waals surface area contributed by atoms with Crippen molar-refractivity contribution in [3.8, 4) is 0 Å². The van der Waals surface area contributed by atoms with Gasteiger partial charge in [0.2, 0.25) is 23.3 Å². The predicted molar refractivity (Wildman–Crippen MR) is 287 cm³/mol. The van der Waals surface area contributed by atoms with Crippen molar-refractivity contribution in [2.24, 2.45) is 20.0 Å². The van der Waals surface area contributed by atoms with E-state index in [1.807, 2.05) is 0 Å². The molecule has 17 rings (SSSR count). The molecule has 0 radical (unpaired) electrons. The van der Waals surface area contributed by atoms with E-state index in [1.165, 1.54) is 47.2 Å². The number of hydrogen-bond donors (Lipinski definition) is 2. The lowest BCUT2D eigenvalue weighted by Crippen LogP contribution is -2.53. The van der Waals surface area contributed by atoms with Crippen molar-refractivity contribution in [3.05, 3.63) is 289 Å². The summed E-state index contributed by atoms with van der Waals surface area (Å²) in [5.41, 5.74) is -19.4. The zero-order valence-corrected chi connectivity index (χ0v) is 45.2. The Labute approximate surface area is 495 Å². The van der Waals surface area contributed by atoms with E-state index in [9.17, 15) is 17.6 Å². The highest BCUT2D eigenvalue weighted by molar-refractivity contribution is 7.12. The Morgan fingerprint density at radius 1 is 0.333 bits per heavy atom. The van der Waals surface area contributed by atoms with Gasteiger partial charge in [0.1, 0.15) is 5.41 Å². The number of nitrogens with zero attached hydrogens (tertiary/aromatic N) is 4. The summed E-state index contributed by atoms with van der Waals surface area (Å²) in [6.07, 6.45) is 8.56. The number of thiophene rings is 2. The molecule has 1 aliphatic carbocycles. The third-order valence-corrected chi connectivity index (χ3v) is 18.7. The highest BCUT2D eigenvalue weighted by Gasteiger charge is 2.62. The molecule has 9 aliphatic rings. The van der Waals surface area contributed by atoms with Gasteiger partial charge in [-0.15, -0.1) is 22.7 Å². The molecule has 8 aromatic rings. The van der Waals surface area contributed by atoms with Crippen molar-refractivity contribution >= 4 is 67.8 Å². The maximum atomic E-state index is 16.6. The summed E-state index contributed by atoms with van der Waals surface area (Å²) in [7, 11) is 0. The number of nitrogens with one attached hydrogen (secondary N) is 2. The summed E-state index contributed by atoms with van der Waals surface area (Å²) in [4.78, 5) is 24.8. The number of hydrogen-bond acceptors (Lipinski definition) is 6. The summed E-state index contributed by atoms with van der Waals surface area (Å²) < 4.78 is 317. The van der Waals surface area contributed by atoms with Crippen LogP contribution in [-0.2, 0) is 10.8 Å². The first kappa shape index (κ1) is 56.8.